The van der Waals surface area contributed by atoms with Crippen LogP contribution < -0.4 is 10.7 Å². The van der Waals surface area contributed by atoms with Gasteiger partial charge in [0.2, 0.25) is 0 Å². The van der Waals surface area contributed by atoms with Crippen molar-refractivity contribution in [3.8, 4) is 5.82 Å². The number of pyridine rings is 1. The Bertz CT molecular complexity index is 1730. The number of alkyl halides is 4. The molecule has 12 nitrogen and oxygen atoms in total. The van der Waals surface area contributed by atoms with E-state index in [1.165, 1.54) is 37.5 Å². The van der Waals surface area contributed by atoms with Gasteiger partial charge in [-0.2, -0.15) is 10.2 Å². The zero-order valence-electron chi connectivity index (χ0n) is 22.4. The first-order valence-corrected chi connectivity index (χ1v) is 13.2. The predicted octanol–water partition coefficient (Wildman–Crippen LogP) is 5.94. The second kappa shape index (κ2) is 13.5. The standard InChI is InChI=1S/C25H19Cl3F4N8O4/c1-38(25(43)44-2)37-23(41)13-6-11(26)7-15(28)19(13)34-24(42)18-8-12(35-40(18)22-14(27)4-3-5-33-22)10-39-17(21(31)32)9-16(36-39)20(29)30/h3-9,20-21H,10H2,1-2H3,(H,34,42)(H,37,41). The third-order valence-electron chi connectivity index (χ3n) is 5.78. The van der Waals surface area contributed by atoms with Crippen molar-refractivity contribution in [2.75, 3.05) is 19.5 Å². The number of aromatic nitrogens is 5. The maximum Gasteiger partial charge on any atom is 0.428 e. The molecule has 0 bridgehead atoms. The highest BCUT2D eigenvalue weighted by atomic mass is 35.5. The lowest BCUT2D eigenvalue weighted by molar-refractivity contribution is 0.0767. The van der Waals surface area contributed by atoms with E-state index in [4.69, 9.17) is 34.8 Å². The number of hydrogen-bond acceptors (Lipinski definition) is 7. The number of hydrogen-bond donors (Lipinski definition) is 2. The number of nitrogens with one attached hydrogen (secondary N) is 2. The van der Waals surface area contributed by atoms with Crippen LogP contribution in [0.4, 0.5) is 28.0 Å². The molecule has 0 radical (unpaired) electrons. The number of nitrogens with zero attached hydrogens (tertiary/aromatic N) is 6. The molecule has 0 aliphatic carbocycles. The summed E-state index contributed by atoms with van der Waals surface area (Å²) in [6.45, 7) is -0.542. The summed E-state index contributed by atoms with van der Waals surface area (Å²) in [5.41, 5.74) is -0.255. The van der Waals surface area contributed by atoms with Crippen molar-refractivity contribution in [3.05, 3.63) is 86.0 Å². The summed E-state index contributed by atoms with van der Waals surface area (Å²) in [4.78, 5) is 42.5. The van der Waals surface area contributed by atoms with Gasteiger partial charge in [-0.1, -0.05) is 34.8 Å². The molecule has 4 rings (SSSR count). The third-order valence-corrected chi connectivity index (χ3v) is 6.59. The van der Waals surface area contributed by atoms with Crippen LogP contribution in [0.3, 0.4) is 0 Å². The van der Waals surface area contributed by atoms with Crippen LogP contribution in [0.2, 0.25) is 15.1 Å². The van der Waals surface area contributed by atoms with Crippen LogP contribution in [-0.2, 0) is 11.3 Å². The highest BCUT2D eigenvalue weighted by molar-refractivity contribution is 6.38. The van der Waals surface area contributed by atoms with E-state index >= 15 is 0 Å². The molecular formula is C25H19Cl3F4N8O4. The molecule has 1 aromatic carbocycles. The van der Waals surface area contributed by atoms with Crippen LogP contribution in [-0.4, -0.2) is 61.6 Å². The van der Waals surface area contributed by atoms with Crippen molar-refractivity contribution < 1.29 is 36.7 Å². The Morgan fingerprint density at radius 1 is 1.00 bits per heavy atom. The average Bonchev–Trinajstić information content (AvgIpc) is 3.59. The molecular weight excluding hydrogens is 659 g/mol. The number of carbonyl (C=O) groups excluding carboxylic acids is 3. The number of carbonyl (C=O) groups is 3. The lowest BCUT2D eigenvalue weighted by Gasteiger charge is -2.19. The van der Waals surface area contributed by atoms with E-state index in [0.717, 1.165) is 22.9 Å². The summed E-state index contributed by atoms with van der Waals surface area (Å²) in [5.74, 6) is -1.89. The summed E-state index contributed by atoms with van der Waals surface area (Å²) >= 11 is 18.7. The predicted molar refractivity (Wildman–Crippen MR) is 150 cm³/mol. The molecule has 3 aromatic heterocycles. The van der Waals surface area contributed by atoms with Crippen LogP contribution in [0.1, 0.15) is 50.8 Å². The van der Waals surface area contributed by atoms with Gasteiger partial charge in [-0.25, -0.2) is 37.0 Å². The van der Waals surface area contributed by atoms with Gasteiger partial charge >= 0.3 is 6.09 Å². The van der Waals surface area contributed by atoms with Crippen molar-refractivity contribution in [1.29, 1.82) is 0 Å². The number of amides is 3. The Labute approximate surface area is 260 Å². The van der Waals surface area contributed by atoms with Gasteiger partial charge in [-0.15, -0.1) is 0 Å². The zero-order chi connectivity index (χ0) is 32.3. The maximum atomic E-state index is 13.7. The minimum atomic E-state index is -3.14. The lowest BCUT2D eigenvalue weighted by atomic mass is 10.1. The first-order valence-electron chi connectivity index (χ1n) is 12.1. The van der Waals surface area contributed by atoms with E-state index in [-0.39, 0.29) is 43.5 Å². The van der Waals surface area contributed by atoms with Crippen molar-refractivity contribution >= 4 is 58.4 Å². The Morgan fingerprint density at radius 3 is 2.36 bits per heavy atom. The Kier molecular flexibility index (Phi) is 9.96. The number of anilines is 1. The van der Waals surface area contributed by atoms with Crippen LogP contribution in [0.25, 0.3) is 5.82 Å². The van der Waals surface area contributed by atoms with Crippen LogP contribution in [0.15, 0.2) is 42.6 Å². The fourth-order valence-electron chi connectivity index (χ4n) is 3.83. The van der Waals surface area contributed by atoms with Crippen LogP contribution >= 0.6 is 34.8 Å². The maximum absolute atomic E-state index is 13.7. The van der Waals surface area contributed by atoms with Crippen molar-refractivity contribution in [2.45, 2.75) is 19.4 Å². The van der Waals surface area contributed by atoms with Gasteiger partial charge in [0.1, 0.15) is 17.1 Å². The topological polar surface area (TPSA) is 136 Å². The van der Waals surface area contributed by atoms with Gasteiger partial charge in [0.15, 0.2) is 5.82 Å². The number of hydrazine groups is 1. The first-order chi connectivity index (χ1) is 20.8. The summed E-state index contributed by atoms with van der Waals surface area (Å²) in [5, 5.41) is 10.9. The van der Waals surface area contributed by atoms with E-state index < -0.39 is 48.7 Å². The van der Waals surface area contributed by atoms with E-state index in [9.17, 15) is 31.9 Å². The highest BCUT2D eigenvalue weighted by Crippen LogP contribution is 2.32. The fourth-order valence-corrected chi connectivity index (χ4v) is 4.57. The largest absolute Gasteiger partial charge is 0.452 e. The SMILES string of the molecule is COC(=O)N(C)NC(=O)c1cc(Cl)cc(Cl)c1NC(=O)c1cc(Cn2nc(C(F)F)cc2C(F)F)nn1-c1ncccc1Cl. The summed E-state index contributed by atoms with van der Waals surface area (Å²) in [7, 11) is 2.30. The molecule has 19 heteroatoms. The molecule has 2 N–H and O–H groups in total. The smallest absolute Gasteiger partial charge is 0.428 e. The molecule has 0 saturated heterocycles. The molecule has 3 heterocycles. The normalized spacial score (nSPS) is 11.2. The van der Waals surface area contributed by atoms with Crippen LogP contribution in [0.5, 0.6) is 0 Å². The highest BCUT2D eigenvalue weighted by Gasteiger charge is 2.26. The van der Waals surface area contributed by atoms with Gasteiger partial charge in [-0.3, -0.25) is 19.7 Å². The average molecular weight is 678 g/mol. The Hall–Kier alpha value is -4.41. The van der Waals surface area contributed by atoms with E-state index in [2.05, 4.69) is 30.7 Å². The Morgan fingerprint density at radius 2 is 1.73 bits per heavy atom. The van der Waals surface area contributed by atoms with E-state index in [1.807, 2.05) is 0 Å². The van der Waals surface area contributed by atoms with Crippen LogP contribution in [0, 0.1) is 0 Å². The zero-order valence-corrected chi connectivity index (χ0v) is 24.6. The summed E-state index contributed by atoms with van der Waals surface area (Å²) in [6, 6.07) is 7.09. The van der Waals surface area contributed by atoms with Gasteiger partial charge in [0.25, 0.3) is 24.7 Å². The molecule has 232 valence electrons. The van der Waals surface area contributed by atoms with Gasteiger partial charge in [-0.05, 0) is 36.4 Å². The quantitative estimate of drug-likeness (QED) is 0.174. The summed E-state index contributed by atoms with van der Waals surface area (Å²) < 4.78 is 59.7. The molecule has 0 saturated carbocycles. The number of benzene rings is 1. The van der Waals surface area contributed by atoms with Crippen molar-refractivity contribution in [1.82, 2.24) is 35.0 Å². The summed E-state index contributed by atoms with van der Waals surface area (Å²) in [6.07, 6.45) is -5.81. The molecule has 0 spiro atoms. The Balaban J connectivity index is 1.76. The third kappa shape index (κ3) is 7.03. The number of rotatable bonds is 8. The molecule has 44 heavy (non-hydrogen) atoms. The second-order valence-corrected chi connectivity index (χ2v) is 9.98. The molecule has 0 aliphatic rings. The molecule has 0 aliphatic heterocycles. The minimum absolute atomic E-state index is 0.0173. The van der Waals surface area contributed by atoms with Crippen molar-refractivity contribution in [2.24, 2.45) is 0 Å². The molecule has 0 fully saturated rings. The van der Waals surface area contributed by atoms with E-state index in [1.54, 1.807) is 0 Å². The molecule has 0 unspecified atom stereocenters. The second-order valence-electron chi connectivity index (χ2n) is 8.73. The minimum Gasteiger partial charge on any atom is -0.452 e. The fraction of sp³-hybridized carbons (Fsp3) is 0.200. The number of halogens is 7. The lowest BCUT2D eigenvalue weighted by Crippen LogP contribution is -2.43. The van der Waals surface area contributed by atoms with E-state index in [0.29, 0.717) is 10.7 Å². The van der Waals surface area contributed by atoms with Gasteiger partial charge in [0, 0.05) is 18.3 Å². The number of methoxy groups -OCH3 is 1. The van der Waals surface area contributed by atoms with Gasteiger partial charge < -0.3 is 10.1 Å². The monoisotopic (exact) mass is 676 g/mol. The van der Waals surface area contributed by atoms with Gasteiger partial charge in [0.05, 0.1) is 40.6 Å². The molecule has 4 aromatic rings. The van der Waals surface area contributed by atoms with Crippen molar-refractivity contribution in [3.63, 3.8) is 0 Å². The molecule has 0 atom stereocenters. The first kappa shape index (κ1) is 32.5. The molecule has 3 amide bonds. The number of ether oxygens (including phenoxy) is 1.